The molecule has 1 atom stereocenters. The van der Waals surface area contributed by atoms with Crippen LogP contribution in [0.15, 0.2) is 72.8 Å². The second-order valence-electron chi connectivity index (χ2n) is 9.05. The van der Waals surface area contributed by atoms with Crippen molar-refractivity contribution in [2.45, 2.75) is 38.3 Å². The second kappa shape index (κ2) is 9.25. The van der Waals surface area contributed by atoms with Crippen molar-refractivity contribution < 1.29 is 19.4 Å². The maximum Gasteiger partial charge on any atom is 0.407 e. The summed E-state index contributed by atoms with van der Waals surface area (Å²) in [5.74, 6) is -0.630. The summed E-state index contributed by atoms with van der Waals surface area (Å²) in [5, 5.41) is 12.4. The Labute approximate surface area is 203 Å². The molecule has 4 aromatic rings. The Morgan fingerprint density at radius 3 is 2.20 bits per heavy atom. The Hall–Kier alpha value is -4.13. The number of aromatic nitrogens is 2. The van der Waals surface area contributed by atoms with Gasteiger partial charge in [-0.05, 0) is 48.2 Å². The Kier molecular flexibility index (Phi) is 5.99. The fraction of sp³-hybridized carbons (Fsp3) is 0.250. The number of carbonyl (C=O) groups excluding carboxylic acids is 1. The molecule has 1 amide bonds. The van der Waals surface area contributed by atoms with E-state index in [0.29, 0.717) is 5.82 Å². The third-order valence-corrected chi connectivity index (χ3v) is 6.51. The van der Waals surface area contributed by atoms with E-state index in [1.165, 1.54) is 0 Å². The highest BCUT2D eigenvalue weighted by atomic mass is 16.5. The summed E-state index contributed by atoms with van der Waals surface area (Å²) < 4.78 is 7.56. The molecular weight excluding hydrogens is 442 g/mol. The molecule has 178 valence electrons. The Morgan fingerprint density at radius 1 is 0.971 bits per heavy atom. The van der Waals surface area contributed by atoms with Gasteiger partial charge in [-0.1, -0.05) is 60.7 Å². The summed E-state index contributed by atoms with van der Waals surface area (Å²) in [6.45, 7) is 4.16. The van der Waals surface area contributed by atoms with Gasteiger partial charge in [-0.25, -0.2) is 14.6 Å². The maximum atomic E-state index is 12.7. The summed E-state index contributed by atoms with van der Waals surface area (Å²) in [7, 11) is 0. The number of aliphatic carboxylic acids is 1. The highest BCUT2D eigenvalue weighted by Gasteiger charge is 2.30. The van der Waals surface area contributed by atoms with Crippen LogP contribution in [0.2, 0.25) is 0 Å². The molecule has 0 aliphatic heterocycles. The number of fused-ring (bicyclic) bond motifs is 4. The number of benzene rings is 3. The highest BCUT2D eigenvalue weighted by molar-refractivity contribution is 5.82. The van der Waals surface area contributed by atoms with Crippen LogP contribution in [0.25, 0.3) is 22.2 Å². The van der Waals surface area contributed by atoms with Crippen LogP contribution in [0.5, 0.6) is 0 Å². The van der Waals surface area contributed by atoms with E-state index in [9.17, 15) is 14.7 Å². The molecule has 0 bridgehead atoms. The van der Waals surface area contributed by atoms with Crippen LogP contribution in [-0.4, -0.2) is 39.4 Å². The third-order valence-electron chi connectivity index (χ3n) is 6.51. The average molecular weight is 470 g/mol. The fourth-order valence-corrected chi connectivity index (χ4v) is 4.98. The van der Waals surface area contributed by atoms with Crippen molar-refractivity contribution >= 4 is 23.1 Å². The van der Waals surface area contributed by atoms with Gasteiger partial charge in [-0.3, -0.25) is 0 Å². The minimum Gasteiger partial charge on any atom is -0.480 e. The molecule has 0 saturated carbocycles. The molecule has 5 rings (SSSR count). The SMILES string of the molecule is CC(C)n1c(CC(NC(=O)OCC2c3ccccc3-c3ccccc32)C(=O)O)nc2ccccc21. The van der Waals surface area contributed by atoms with Crippen LogP contribution < -0.4 is 5.32 Å². The number of imidazole rings is 1. The number of hydrogen-bond donors (Lipinski definition) is 2. The van der Waals surface area contributed by atoms with Crippen LogP contribution in [0.1, 0.15) is 42.8 Å². The lowest BCUT2D eigenvalue weighted by Gasteiger charge is -2.19. The molecule has 0 saturated heterocycles. The van der Waals surface area contributed by atoms with E-state index in [1.54, 1.807) is 0 Å². The highest BCUT2D eigenvalue weighted by Crippen LogP contribution is 2.44. The number of nitrogens with one attached hydrogen (secondary N) is 1. The quantitative estimate of drug-likeness (QED) is 0.390. The Balaban J connectivity index is 1.31. The average Bonchev–Trinajstić information content (AvgIpc) is 3.37. The van der Waals surface area contributed by atoms with E-state index < -0.39 is 18.1 Å². The first-order chi connectivity index (χ1) is 16.9. The molecule has 1 heterocycles. The fourth-order valence-electron chi connectivity index (χ4n) is 4.98. The van der Waals surface area contributed by atoms with Gasteiger partial charge in [0.15, 0.2) is 0 Å². The Morgan fingerprint density at radius 2 is 1.57 bits per heavy atom. The van der Waals surface area contributed by atoms with Crippen molar-refractivity contribution in [1.82, 2.24) is 14.9 Å². The van der Waals surface area contributed by atoms with Crippen LogP contribution >= 0.6 is 0 Å². The molecule has 1 aromatic heterocycles. The van der Waals surface area contributed by atoms with Crippen molar-refractivity contribution in [3.8, 4) is 11.1 Å². The van der Waals surface area contributed by atoms with Crippen molar-refractivity contribution in [2.24, 2.45) is 0 Å². The number of para-hydroxylation sites is 2. The van der Waals surface area contributed by atoms with Gasteiger partial charge in [0, 0.05) is 18.4 Å². The van der Waals surface area contributed by atoms with Gasteiger partial charge < -0.3 is 19.7 Å². The van der Waals surface area contributed by atoms with Gasteiger partial charge in [0.2, 0.25) is 0 Å². The maximum absolute atomic E-state index is 12.7. The molecule has 0 spiro atoms. The third kappa shape index (κ3) is 4.25. The summed E-state index contributed by atoms with van der Waals surface area (Å²) in [6.07, 6.45) is -0.710. The van der Waals surface area contributed by atoms with E-state index in [4.69, 9.17) is 4.74 Å². The smallest absolute Gasteiger partial charge is 0.407 e. The number of hydrogen-bond acceptors (Lipinski definition) is 4. The normalized spacial score (nSPS) is 13.5. The Bertz CT molecular complexity index is 1360. The number of carboxylic acid groups (broad SMARTS) is 1. The van der Waals surface area contributed by atoms with E-state index in [-0.39, 0.29) is 25.0 Å². The molecule has 1 unspecified atom stereocenters. The molecule has 7 heteroatoms. The zero-order chi connectivity index (χ0) is 24.5. The summed E-state index contributed by atoms with van der Waals surface area (Å²) in [4.78, 5) is 29.3. The van der Waals surface area contributed by atoms with Gasteiger partial charge in [-0.2, -0.15) is 0 Å². The zero-order valence-corrected chi connectivity index (χ0v) is 19.6. The first kappa shape index (κ1) is 22.7. The molecule has 1 aliphatic carbocycles. The summed E-state index contributed by atoms with van der Waals surface area (Å²) in [6, 6.07) is 22.7. The topological polar surface area (TPSA) is 93.5 Å². The summed E-state index contributed by atoms with van der Waals surface area (Å²) in [5.41, 5.74) is 6.19. The van der Waals surface area contributed by atoms with E-state index in [2.05, 4.69) is 22.4 Å². The number of nitrogens with zero attached hydrogens (tertiary/aromatic N) is 2. The molecule has 35 heavy (non-hydrogen) atoms. The molecule has 0 fully saturated rings. The van der Waals surface area contributed by atoms with Gasteiger partial charge in [0.25, 0.3) is 0 Å². The number of alkyl carbamates (subject to hydrolysis) is 1. The van der Waals surface area contributed by atoms with Crippen molar-refractivity contribution in [2.75, 3.05) is 6.61 Å². The van der Waals surface area contributed by atoms with Crippen molar-refractivity contribution in [1.29, 1.82) is 0 Å². The van der Waals surface area contributed by atoms with Gasteiger partial charge >= 0.3 is 12.1 Å². The van der Waals surface area contributed by atoms with Crippen LogP contribution in [0.4, 0.5) is 4.79 Å². The van der Waals surface area contributed by atoms with Gasteiger partial charge in [0.1, 0.15) is 18.5 Å². The molecule has 1 aliphatic rings. The number of amides is 1. The van der Waals surface area contributed by atoms with Crippen molar-refractivity contribution in [3.63, 3.8) is 0 Å². The molecule has 0 radical (unpaired) electrons. The monoisotopic (exact) mass is 469 g/mol. The van der Waals surface area contributed by atoms with Crippen LogP contribution in [0.3, 0.4) is 0 Å². The van der Waals surface area contributed by atoms with Crippen LogP contribution in [-0.2, 0) is 16.0 Å². The van der Waals surface area contributed by atoms with Gasteiger partial charge in [-0.15, -0.1) is 0 Å². The molecular formula is C28H27N3O4. The predicted octanol–water partition coefficient (Wildman–Crippen LogP) is 5.15. The van der Waals surface area contributed by atoms with Crippen molar-refractivity contribution in [3.05, 3.63) is 89.7 Å². The second-order valence-corrected chi connectivity index (χ2v) is 9.05. The van der Waals surface area contributed by atoms with E-state index in [0.717, 1.165) is 33.3 Å². The lowest BCUT2D eigenvalue weighted by molar-refractivity contribution is -0.139. The van der Waals surface area contributed by atoms with E-state index in [1.807, 2.05) is 79.1 Å². The lowest BCUT2D eigenvalue weighted by atomic mass is 9.98. The first-order valence-corrected chi connectivity index (χ1v) is 11.7. The molecule has 2 N–H and O–H groups in total. The largest absolute Gasteiger partial charge is 0.480 e. The minimum absolute atomic E-state index is 0.0480. The van der Waals surface area contributed by atoms with Crippen LogP contribution in [0, 0.1) is 0 Å². The number of carbonyl (C=O) groups is 2. The van der Waals surface area contributed by atoms with Gasteiger partial charge in [0.05, 0.1) is 11.0 Å². The first-order valence-electron chi connectivity index (χ1n) is 11.7. The standard InChI is InChI=1S/C28H27N3O4/c1-17(2)31-25-14-8-7-13-23(25)29-26(31)15-24(27(32)33)30-28(34)35-16-22-20-11-5-3-9-18(20)19-10-4-6-12-21(19)22/h3-14,17,22,24H,15-16H2,1-2H3,(H,30,34)(H,32,33). The number of carboxylic acids is 1. The number of ether oxygens (including phenoxy) is 1. The molecule has 7 nitrogen and oxygen atoms in total. The lowest BCUT2D eigenvalue weighted by Crippen LogP contribution is -2.43. The summed E-state index contributed by atoms with van der Waals surface area (Å²) >= 11 is 0. The van der Waals surface area contributed by atoms with E-state index >= 15 is 0 Å². The minimum atomic E-state index is -1.17. The predicted molar refractivity (Wildman–Crippen MR) is 133 cm³/mol. The number of rotatable bonds is 7. The zero-order valence-electron chi connectivity index (χ0n) is 19.6. The molecule has 3 aromatic carbocycles.